The van der Waals surface area contributed by atoms with Crippen LogP contribution in [0.4, 0.5) is 5.69 Å². The standard InChI is InChI=1S/C11H14ClNO3/c1-8(2)5-6-16-11-7-9(13(14)15)3-4-10(11)12/h3-4,7-8H,5-6H2,1-2H3. The molecule has 0 aromatic heterocycles. The van der Waals surface area contributed by atoms with Gasteiger partial charge >= 0.3 is 0 Å². The third kappa shape index (κ3) is 3.70. The third-order valence-corrected chi connectivity index (χ3v) is 2.39. The molecule has 1 aromatic carbocycles. The van der Waals surface area contributed by atoms with Gasteiger partial charge in [0.15, 0.2) is 0 Å². The largest absolute Gasteiger partial charge is 0.492 e. The molecule has 0 amide bonds. The fourth-order valence-corrected chi connectivity index (χ4v) is 1.29. The van der Waals surface area contributed by atoms with Gasteiger partial charge in [0, 0.05) is 6.07 Å². The van der Waals surface area contributed by atoms with E-state index in [9.17, 15) is 10.1 Å². The number of nitrogens with zero attached hydrogens (tertiary/aromatic N) is 1. The van der Waals surface area contributed by atoms with Crippen molar-refractivity contribution >= 4 is 17.3 Å². The van der Waals surface area contributed by atoms with Gasteiger partial charge in [-0.1, -0.05) is 25.4 Å². The predicted molar refractivity (Wildman–Crippen MR) is 63.1 cm³/mol. The molecule has 0 saturated carbocycles. The Morgan fingerprint density at radius 1 is 1.50 bits per heavy atom. The van der Waals surface area contributed by atoms with Crippen LogP contribution < -0.4 is 4.74 Å². The maximum absolute atomic E-state index is 10.6. The van der Waals surface area contributed by atoms with Crippen molar-refractivity contribution < 1.29 is 9.66 Å². The smallest absolute Gasteiger partial charge is 0.273 e. The fourth-order valence-electron chi connectivity index (χ4n) is 1.12. The number of benzene rings is 1. The predicted octanol–water partition coefficient (Wildman–Crippen LogP) is 3.67. The van der Waals surface area contributed by atoms with Crippen molar-refractivity contribution in [2.45, 2.75) is 20.3 Å². The monoisotopic (exact) mass is 243 g/mol. The Labute approximate surface area is 99.3 Å². The Morgan fingerprint density at radius 2 is 2.19 bits per heavy atom. The van der Waals surface area contributed by atoms with Gasteiger partial charge in [0.05, 0.1) is 22.6 Å². The van der Waals surface area contributed by atoms with Crippen molar-refractivity contribution in [3.8, 4) is 5.75 Å². The Bertz CT molecular complexity index is 379. The van der Waals surface area contributed by atoms with Crippen LogP contribution in [0.15, 0.2) is 18.2 Å². The van der Waals surface area contributed by atoms with E-state index in [-0.39, 0.29) is 5.69 Å². The van der Waals surface area contributed by atoms with E-state index in [1.54, 1.807) is 0 Å². The number of hydrogen-bond acceptors (Lipinski definition) is 3. The highest BCUT2D eigenvalue weighted by molar-refractivity contribution is 6.32. The first-order valence-electron chi connectivity index (χ1n) is 5.07. The van der Waals surface area contributed by atoms with E-state index in [0.717, 1.165) is 6.42 Å². The molecule has 0 bridgehead atoms. The molecule has 4 nitrogen and oxygen atoms in total. The van der Waals surface area contributed by atoms with Crippen LogP contribution in [0.25, 0.3) is 0 Å². The van der Waals surface area contributed by atoms with Crippen LogP contribution in [0, 0.1) is 16.0 Å². The average molecular weight is 244 g/mol. The molecule has 0 spiro atoms. The van der Waals surface area contributed by atoms with Crippen molar-refractivity contribution in [2.24, 2.45) is 5.92 Å². The lowest BCUT2D eigenvalue weighted by atomic mass is 10.1. The summed E-state index contributed by atoms with van der Waals surface area (Å²) in [5.41, 5.74) is -0.0102. The first-order chi connectivity index (χ1) is 7.50. The number of nitro benzene ring substituents is 1. The molecule has 0 radical (unpaired) electrons. The quantitative estimate of drug-likeness (QED) is 0.586. The first kappa shape index (κ1) is 12.8. The van der Waals surface area contributed by atoms with Crippen molar-refractivity contribution in [1.82, 2.24) is 0 Å². The molecule has 0 atom stereocenters. The second-order valence-corrected chi connectivity index (χ2v) is 4.31. The van der Waals surface area contributed by atoms with Gasteiger partial charge in [0.25, 0.3) is 5.69 Å². The van der Waals surface area contributed by atoms with Gasteiger partial charge in [-0.2, -0.15) is 0 Å². The van der Waals surface area contributed by atoms with E-state index in [0.29, 0.717) is 23.3 Å². The van der Waals surface area contributed by atoms with Crippen molar-refractivity contribution in [3.63, 3.8) is 0 Å². The summed E-state index contributed by atoms with van der Waals surface area (Å²) >= 11 is 5.87. The van der Waals surface area contributed by atoms with Gasteiger partial charge in [-0.05, 0) is 18.4 Å². The molecule has 5 heteroatoms. The van der Waals surface area contributed by atoms with Gasteiger partial charge < -0.3 is 4.74 Å². The number of hydrogen-bond donors (Lipinski definition) is 0. The van der Waals surface area contributed by atoms with Crippen molar-refractivity contribution in [3.05, 3.63) is 33.3 Å². The maximum Gasteiger partial charge on any atom is 0.273 e. The summed E-state index contributed by atoms with van der Waals surface area (Å²) in [4.78, 5) is 10.1. The average Bonchev–Trinajstić information content (AvgIpc) is 2.20. The lowest BCUT2D eigenvalue weighted by Crippen LogP contribution is -2.02. The van der Waals surface area contributed by atoms with E-state index in [4.69, 9.17) is 16.3 Å². The zero-order valence-corrected chi connectivity index (χ0v) is 10.0. The Balaban J connectivity index is 2.70. The number of halogens is 1. The zero-order chi connectivity index (χ0) is 12.1. The molecule has 0 fully saturated rings. The van der Waals surface area contributed by atoms with Gasteiger partial charge in [-0.3, -0.25) is 10.1 Å². The Morgan fingerprint density at radius 3 is 2.75 bits per heavy atom. The van der Waals surface area contributed by atoms with Gasteiger partial charge in [0.2, 0.25) is 0 Å². The van der Waals surface area contributed by atoms with Crippen molar-refractivity contribution in [2.75, 3.05) is 6.61 Å². The van der Waals surface area contributed by atoms with Crippen LogP contribution in [0.1, 0.15) is 20.3 Å². The minimum Gasteiger partial charge on any atom is -0.492 e. The molecule has 0 unspecified atom stereocenters. The van der Waals surface area contributed by atoms with Crippen LogP contribution in [0.3, 0.4) is 0 Å². The van der Waals surface area contributed by atoms with Gasteiger partial charge in [-0.15, -0.1) is 0 Å². The van der Waals surface area contributed by atoms with E-state index in [2.05, 4.69) is 13.8 Å². The molecule has 0 aliphatic carbocycles. The number of non-ortho nitro benzene ring substituents is 1. The maximum atomic E-state index is 10.6. The van der Waals surface area contributed by atoms with Crippen LogP contribution >= 0.6 is 11.6 Å². The molecule has 1 aromatic rings. The van der Waals surface area contributed by atoms with E-state index < -0.39 is 4.92 Å². The molecular formula is C11H14ClNO3. The number of rotatable bonds is 5. The molecule has 88 valence electrons. The highest BCUT2D eigenvalue weighted by atomic mass is 35.5. The lowest BCUT2D eigenvalue weighted by Gasteiger charge is -2.09. The molecular weight excluding hydrogens is 230 g/mol. The second kappa shape index (κ2) is 5.70. The molecule has 1 rings (SSSR count). The van der Waals surface area contributed by atoms with Gasteiger partial charge in [0.1, 0.15) is 5.75 Å². The summed E-state index contributed by atoms with van der Waals surface area (Å²) < 4.78 is 5.40. The topological polar surface area (TPSA) is 52.4 Å². The van der Waals surface area contributed by atoms with E-state index in [1.165, 1.54) is 18.2 Å². The minimum atomic E-state index is -0.467. The molecule has 0 aliphatic heterocycles. The summed E-state index contributed by atoms with van der Waals surface area (Å²) in [5, 5.41) is 11.0. The minimum absolute atomic E-state index is 0.0102. The highest BCUT2D eigenvalue weighted by Crippen LogP contribution is 2.29. The van der Waals surface area contributed by atoms with E-state index >= 15 is 0 Å². The fraction of sp³-hybridized carbons (Fsp3) is 0.455. The molecule has 0 saturated heterocycles. The summed E-state index contributed by atoms with van der Waals surface area (Å²) in [5.74, 6) is 0.897. The normalized spacial score (nSPS) is 10.5. The second-order valence-electron chi connectivity index (χ2n) is 3.90. The van der Waals surface area contributed by atoms with E-state index in [1.807, 2.05) is 0 Å². The van der Waals surface area contributed by atoms with Crippen LogP contribution in [0.5, 0.6) is 5.75 Å². The lowest BCUT2D eigenvalue weighted by molar-refractivity contribution is -0.384. The zero-order valence-electron chi connectivity index (χ0n) is 9.27. The summed E-state index contributed by atoms with van der Waals surface area (Å²) in [6.07, 6.45) is 0.888. The highest BCUT2D eigenvalue weighted by Gasteiger charge is 2.10. The number of ether oxygens (including phenoxy) is 1. The molecule has 16 heavy (non-hydrogen) atoms. The van der Waals surface area contributed by atoms with Crippen LogP contribution in [-0.4, -0.2) is 11.5 Å². The summed E-state index contributed by atoms with van der Waals surface area (Å²) in [6.45, 7) is 4.68. The third-order valence-electron chi connectivity index (χ3n) is 2.08. The Kier molecular flexibility index (Phi) is 4.55. The molecule has 0 aliphatic rings. The molecule has 0 N–H and O–H groups in total. The van der Waals surface area contributed by atoms with Crippen molar-refractivity contribution in [1.29, 1.82) is 0 Å². The SMILES string of the molecule is CC(C)CCOc1cc([N+](=O)[O-])ccc1Cl. The van der Waals surface area contributed by atoms with Crippen LogP contribution in [0.2, 0.25) is 5.02 Å². The molecule has 0 heterocycles. The summed E-state index contributed by atoms with van der Waals surface area (Å²) in [6, 6.07) is 4.19. The number of nitro groups is 1. The van der Waals surface area contributed by atoms with Gasteiger partial charge in [-0.25, -0.2) is 0 Å². The first-order valence-corrected chi connectivity index (χ1v) is 5.45. The Hall–Kier alpha value is -1.29. The van der Waals surface area contributed by atoms with Crippen LogP contribution in [-0.2, 0) is 0 Å². The summed E-state index contributed by atoms with van der Waals surface area (Å²) in [7, 11) is 0.